The van der Waals surface area contributed by atoms with E-state index < -0.39 is 26.3 Å². The van der Waals surface area contributed by atoms with Crippen molar-refractivity contribution < 1.29 is 30.0 Å². The number of carbonyl (C=O) groups is 1. The Morgan fingerprint density at radius 3 is 1.32 bits per heavy atom. The molecule has 0 saturated carbocycles. The molecule has 0 unspecified atom stereocenters. The molecule has 13 heteroatoms. The van der Waals surface area contributed by atoms with E-state index in [1.807, 2.05) is 0 Å². The quantitative estimate of drug-likeness (QED) is 0.234. The summed E-state index contributed by atoms with van der Waals surface area (Å²) in [4.78, 5) is 12.3. The van der Waals surface area contributed by atoms with Crippen LogP contribution >= 0.6 is 23.2 Å². The van der Waals surface area contributed by atoms with E-state index >= 15 is 0 Å². The third-order valence-electron chi connectivity index (χ3n) is 4.80. The Labute approximate surface area is 229 Å². The second-order valence-corrected chi connectivity index (χ2v) is 11.6. The average molecular weight is 593 g/mol. The molecule has 4 aromatic carbocycles. The molecule has 4 aromatic rings. The summed E-state index contributed by atoms with van der Waals surface area (Å²) in [5, 5.41) is 5.85. The third-order valence-corrected chi connectivity index (χ3v) is 7.83. The van der Waals surface area contributed by atoms with Gasteiger partial charge in [-0.15, -0.1) is 0 Å². The van der Waals surface area contributed by atoms with Crippen LogP contribution in [0, 0.1) is 0 Å². The first-order valence-electron chi connectivity index (χ1n) is 10.7. The predicted octanol–water partition coefficient (Wildman–Crippen LogP) is 6.17. The first kappa shape index (κ1) is 27.3. The van der Waals surface area contributed by atoms with Crippen molar-refractivity contribution in [1.29, 1.82) is 0 Å². The van der Waals surface area contributed by atoms with E-state index in [4.69, 9.17) is 31.6 Å². The molecule has 0 heterocycles. The fourth-order valence-corrected chi connectivity index (χ4v) is 5.19. The normalized spacial score (nSPS) is 11.4. The highest BCUT2D eigenvalue weighted by molar-refractivity contribution is 7.87. The molecule has 0 spiro atoms. The molecule has 0 aliphatic carbocycles. The molecule has 0 aliphatic rings. The lowest BCUT2D eigenvalue weighted by Crippen LogP contribution is -2.19. The van der Waals surface area contributed by atoms with E-state index in [0.29, 0.717) is 10.0 Å². The molecule has 2 amide bonds. The lowest BCUT2D eigenvalue weighted by molar-refractivity contribution is 0.262. The molecule has 9 nitrogen and oxygen atoms in total. The van der Waals surface area contributed by atoms with Gasteiger partial charge in [0.05, 0.1) is 0 Å². The van der Waals surface area contributed by atoms with E-state index in [0.717, 1.165) is 0 Å². The first-order chi connectivity index (χ1) is 18.0. The van der Waals surface area contributed by atoms with Crippen molar-refractivity contribution in [2.75, 3.05) is 10.6 Å². The molecule has 0 bridgehead atoms. The van der Waals surface area contributed by atoms with Gasteiger partial charge in [-0.3, -0.25) is 0 Å². The highest BCUT2D eigenvalue weighted by Crippen LogP contribution is 2.25. The van der Waals surface area contributed by atoms with Gasteiger partial charge in [-0.1, -0.05) is 35.3 Å². The van der Waals surface area contributed by atoms with Crippen LogP contribution in [0.3, 0.4) is 0 Å². The van der Waals surface area contributed by atoms with Gasteiger partial charge in [0.1, 0.15) is 21.3 Å². The van der Waals surface area contributed by atoms with Gasteiger partial charge in [0.25, 0.3) is 0 Å². The van der Waals surface area contributed by atoms with E-state index in [-0.39, 0.29) is 32.7 Å². The number of hydrogen-bond acceptors (Lipinski definition) is 7. The molecular formula is C25H18Cl2N2O7S2. The number of benzene rings is 4. The summed E-state index contributed by atoms with van der Waals surface area (Å²) < 4.78 is 60.3. The lowest BCUT2D eigenvalue weighted by atomic mass is 10.3. The fraction of sp³-hybridized carbons (Fsp3) is 0. The summed E-state index contributed by atoms with van der Waals surface area (Å²) in [5.74, 6) is -0.0545. The van der Waals surface area contributed by atoms with Crippen molar-refractivity contribution in [1.82, 2.24) is 0 Å². The number of rotatable bonds is 8. The Kier molecular flexibility index (Phi) is 8.12. The molecule has 0 atom stereocenters. The zero-order chi connectivity index (χ0) is 27.3. The maximum absolute atomic E-state index is 12.5. The zero-order valence-corrected chi connectivity index (χ0v) is 22.3. The zero-order valence-electron chi connectivity index (χ0n) is 19.2. The van der Waals surface area contributed by atoms with Gasteiger partial charge in [0.15, 0.2) is 0 Å². The standard InChI is InChI=1S/C25H18Cl2N2O7S2/c26-17-7-11-23(12-8-17)37(31,32)35-21-5-1-3-19(15-21)28-25(30)29-20-4-2-6-22(16-20)36-38(33,34)24-13-9-18(27)10-14-24/h1-16H,(H2,28,29,30). The number of amides is 2. The van der Waals surface area contributed by atoms with Gasteiger partial charge in [-0.2, -0.15) is 16.8 Å². The lowest BCUT2D eigenvalue weighted by Gasteiger charge is -2.11. The van der Waals surface area contributed by atoms with E-state index in [9.17, 15) is 21.6 Å². The molecule has 0 saturated heterocycles. The topological polar surface area (TPSA) is 128 Å². The Balaban J connectivity index is 1.41. The highest BCUT2D eigenvalue weighted by atomic mass is 35.5. The number of carbonyl (C=O) groups excluding carboxylic acids is 1. The van der Waals surface area contributed by atoms with Crippen molar-refractivity contribution in [2.24, 2.45) is 0 Å². The molecular weight excluding hydrogens is 575 g/mol. The van der Waals surface area contributed by atoms with Crippen LogP contribution in [0.25, 0.3) is 0 Å². The van der Waals surface area contributed by atoms with Crippen LogP contribution in [0.4, 0.5) is 16.2 Å². The number of nitrogens with one attached hydrogen (secondary N) is 2. The van der Waals surface area contributed by atoms with E-state index in [1.54, 1.807) is 0 Å². The van der Waals surface area contributed by atoms with E-state index in [2.05, 4.69) is 10.6 Å². The van der Waals surface area contributed by atoms with Gasteiger partial charge in [0.2, 0.25) is 0 Å². The summed E-state index contributed by atoms with van der Waals surface area (Å²) in [5.41, 5.74) is 0.480. The monoisotopic (exact) mass is 592 g/mol. The van der Waals surface area contributed by atoms with Gasteiger partial charge in [0, 0.05) is 33.6 Å². The van der Waals surface area contributed by atoms with Crippen LogP contribution in [-0.4, -0.2) is 22.9 Å². The Morgan fingerprint density at radius 2 is 0.947 bits per heavy atom. The number of hydrogen-bond donors (Lipinski definition) is 2. The molecule has 0 aromatic heterocycles. The summed E-state index contributed by atoms with van der Waals surface area (Å²) in [6, 6.07) is 21.8. The minimum atomic E-state index is -4.12. The van der Waals surface area contributed by atoms with Crippen LogP contribution in [0.2, 0.25) is 10.0 Å². The summed E-state index contributed by atoms with van der Waals surface area (Å²) >= 11 is 11.6. The molecule has 0 radical (unpaired) electrons. The SMILES string of the molecule is O=C(Nc1cccc(OS(=O)(=O)c2ccc(Cl)cc2)c1)Nc1cccc(OS(=O)(=O)c2ccc(Cl)cc2)c1. The predicted molar refractivity (Wildman–Crippen MR) is 144 cm³/mol. The molecule has 4 rings (SSSR count). The van der Waals surface area contributed by atoms with Gasteiger partial charge >= 0.3 is 26.3 Å². The second-order valence-electron chi connectivity index (χ2n) is 7.62. The van der Waals surface area contributed by atoms with Crippen molar-refractivity contribution in [3.8, 4) is 11.5 Å². The molecule has 2 N–H and O–H groups in total. The third kappa shape index (κ3) is 7.17. The van der Waals surface area contributed by atoms with Crippen molar-refractivity contribution in [2.45, 2.75) is 9.79 Å². The molecule has 38 heavy (non-hydrogen) atoms. The van der Waals surface area contributed by atoms with Crippen LogP contribution in [0.15, 0.2) is 107 Å². The van der Waals surface area contributed by atoms with E-state index in [1.165, 1.54) is 97.1 Å². The maximum atomic E-state index is 12.5. The molecule has 0 fully saturated rings. The molecule has 196 valence electrons. The maximum Gasteiger partial charge on any atom is 0.339 e. The Hall–Kier alpha value is -3.77. The number of halogens is 2. The van der Waals surface area contributed by atoms with Crippen LogP contribution in [0.1, 0.15) is 0 Å². The summed E-state index contributed by atoms with van der Waals surface area (Å²) in [6.45, 7) is 0. The first-order valence-corrected chi connectivity index (χ1v) is 14.3. The van der Waals surface area contributed by atoms with Gasteiger partial charge in [-0.05, 0) is 72.8 Å². The number of urea groups is 1. The van der Waals surface area contributed by atoms with Gasteiger partial charge < -0.3 is 19.0 Å². The van der Waals surface area contributed by atoms with Crippen molar-refractivity contribution in [3.05, 3.63) is 107 Å². The number of anilines is 2. The van der Waals surface area contributed by atoms with Crippen LogP contribution in [-0.2, 0) is 20.2 Å². The Bertz CT molecular complexity index is 1550. The van der Waals surface area contributed by atoms with Gasteiger partial charge in [-0.25, -0.2) is 4.79 Å². The minimum Gasteiger partial charge on any atom is -0.379 e. The summed E-state index contributed by atoms with van der Waals surface area (Å²) in [6.07, 6.45) is 0. The average Bonchev–Trinajstić information content (AvgIpc) is 2.84. The summed E-state index contributed by atoms with van der Waals surface area (Å²) in [7, 11) is -8.24. The molecule has 0 aliphatic heterocycles. The van der Waals surface area contributed by atoms with Crippen molar-refractivity contribution in [3.63, 3.8) is 0 Å². The van der Waals surface area contributed by atoms with Crippen LogP contribution < -0.4 is 19.0 Å². The largest absolute Gasteiger partial charge is 0.379 e. The Morgan fingerprint density at radius 1 is 0.579 bits per heavy atom. The van der Waals surface area contributed by atoms with Crippen molar-refractivity contribution >= 4 is 60.8 Å². The smallest absolute Gasteiger partial charge is 0.339 e. The fourth-order valence-electron chi connectivity index (χ4n) is 3.10. The minimum absolute atomic E-state index is 0.0273. The van der Waals surface area contributed by atoms with Crippen LogP contribution in [0.5, 0.6) is 11.5 Å². The second kappa shape index (κ2) is 11.3. The highest BCUT2D eigenvalue weighted by Gasteiger charge is 2.18.